The lowest BCUT2D eigenvalue weighted by Gasteiger charge is -2.21. The Hall–Kier alpha value is -2.98. The van der Waals surface area contributed by atoms with Crippen LogP contribution in [0.3, 0.4) is 0 Å². The molecule has 1 atom stereocenters. The van der Waals surface area contributed by atoms with Gasteiger partial charge in [-0.1, -0.05) is 6.92 Å². The van der Waals surface area contributed by atoms with Gasteiger partial charge < -0.3 is 9.57 Å². The van der Waals surface area contributed by atoms with Crippen molar-refractivity contribution in [2.24, 2.45) is 0 Å². The second-order valence-corrected chi connectivity index (χ2v) is 6.47. The van der Waals surface area contributed by atoms with E-state index in [0.717, 1.165) is 25.1 Å². The number of hydrogen-bond acceptors (Lipinski definition) is 4. The van der Waals surface area contributed by atoms with Crippen LogP contribution in [0.1, 0.15) is 42.3 Å². The Kier molecular flexibility index (Phi) is 6.84. The fourth-order valence-electron chi connectivity index (χ4n) is 2.59. The molecule has 1 amide bonds. The largest absolute Gasteiger partial charge is 0.482 e. The molecular formula is C19H18F6N2O3. The van der Waals surface area contributed by atoms with Crippen molar-refractivity contribution >= 4 is 5.91 Å². The number of aryl methyl sites for hydroxylation is 1. The van der Waals surface area contributed by atoms with E-state index in [1.807, 2.05) is 5.48 Å². The molecule has 1 heterocycles. The summed E-state index contributed by atoms with van der Waals surface area (Å²) in [6.45, 7) is 2.57. The van der Waals surface area contributed by atoms with Crippen LogP contribution in [-0.4, -0.2) is 23.7 Å². The third kappa shape index (κ3) is 6.26. The highest BCUT2D eigenvalue weighted by Gasteiger charge is 2.33. The fraction of sp³-hybridized carbons (Fsp3) is 0.368. The summed E-state index contributed by atoms with van der Waals surface area (Å²) >= 11 is 0. The number of pyridine rings is 1. The number of ether oxygens (including phenoxy) is 1. The van der Waals surface area contributed by atoms with Gasteiger partial charge in [0.2, 0.25) is 5.91 Å². The van der Waals surface area contributed by atoms with Crippen LogP contribution < -0.4 is 15.1 Å². The predicted octanol–water partition coefficient (Wildman–Crippen LogP) is 4.93. The average Bonchev–Trinajstić information content (AvgIpc) is 2.63. The molecule has 1 aromatic carbocycles. The zero-order valence-electron chi connectivity index (χ0n) is 16.1. The number of rotatable bonds is 6. The summed E-state index contributed by atoms with van der Waals surface area (Å²) in [5.74, 6) is -1.90. The van der Waals surface area contributed by atoms with Gasteiger partial charge in [-0.3, -0.25) is 9.78 Å². The number of amides is 1. The van der Waals surface area contributed by atoms with E-state index in [1.165, 1.54) is 19.1 Å². The number of carbonyl (C=O) groups excluding carboxylic acids is 1. The molecule has 1 aromatic heterocycles. The Morgan fingerprint density at radius 3 is 2.30 bits per heavy atom. The summed E-state index contributed by atoms with van der Waals surface area (Å²) in [5.41, 5.74) is 1.39. The number of hydrogen-bond donors (Lipinski definition) is 1. The van der Waals surface area contributed by atoms with E-state index in [9.17, 15) is 31.1 Å². The van der Waals surface area contributed by atoms with Crippen LogP contribution in [0.2, 0.25) is 0 Å². The van der Waals surface area contributed by atoms with Crippen LogP contribution in [0.5, 0.6) is 11.5 Å². The summed E-state index contributed by atoms with van der Waals surface area (Å²) in [7, 11) is 0. The van der Waals surface area contributed by atoms with E-state index < -0.39 is 36.3 Å². The highest BCUT2D eigenvalue weighted by molar-refractivity contribution is 5.71. The van der Waals surface area contributed by atoms with Crippen LogP contribution in [0.25, 0.3) is 0 Å². The molecule has 30 heavy (non-hydrogen) atoms. The minimum atomic E-state index is -4.67. The molecule has 0 bridgehead atoms. The summed E-state index contributed by atoms with van der Waals surface area (Å²) in [6, 6.07) is 5.25. The number of benzene rings is 1. The highest BCUT2D eigenvalue weighted by atomic mass is 19.4. The second kappa shape index (κ2) is 8.80. The van der Waals surface area contributed by atoms with Crippen molar-refractivity contribution in [2.75, 3.05) is 6.61 Å². The van der Waals surface area contributed by atoms with E-state index in [1.54, 1.807) is 6.92 Å². The topological polar surface area (TPSA) is 60.5 Å². The molecule has 1 N–H and O–H groups in total. The maximum atomic E-state index is 13.2. The van der Waals surface area contributed by atoms with Gasteiger partial charge in [-0.2, -0.15) is 31.8 Å². The number of nitrogens with one attached hydrogen (secondary N) is 1. The van der Waals surface area contributed by atoms with Gasteiger partial charge in [0.25, 0.3) is 0 Å². The first-order chi connectivity index (χ1) is 13.8. The van der Waals surface area contributed by atoms with Gasteiger partial charge in [-0.05, 0) is 37.3 Å². The summed E-state index contributed by atoms with van der Waals surface area (Å²) < 4.78 is 82.1. The van der Waals surface area contributed by atoms with Gasteiger partial charge in [0.05, 0.1) is 11.3 Å². The van der Waals surface area contributed by atoms with Crippen LogP contribution in [-0.2, 0) is 11.0 Å². The van der Waals surface area contributed by atoms with Gasteiger partial charge in [-0.25, -0.2) is 0 Å². The first-order valence-electron chi connectivity index (χ1n) is 8.59. The molecule has 0 aliphatic rings. The Morgan fingerprint density at radius 1 is 1.10 bits per heavy atom. The quantitative estimate of drug-likeness (QED) is 0.515. The minimum Gasteiger partial charge on any atom is -0.482 e. The summed E-state index contributed by atoms with van der Waals surface area (Å²) in [4.78, 5) is 20.4. The van der Waals surface area contributed by atoms with E-state index in [0.29, 0.717) is 5.69 Å². The third-order valence-corrected chi connectivity index (χ3v) is 3.93. The number of alkyl halides is 6. The molecule has 0 fully saturated rings. The lowest BCUT2D eigenvalue weighted by Crippen LogP contribution is -2.25. The first kappa shape index (κ1) is 23.3. The molecule has 0 aliphatic carbocycles. The van der Waals surface area contributed by atoms with Gasteiger partial charge >= 0.3 is 12.4 Å². The minimum absolute atomic E-state index is 0.00810. The van der Waals surface area contributed by atoms with Gasteiger partial charge in [0, 0.05) is 24.1 Å². The van der Waals surface area contributed by atoms with Crippen LogP contribution in [0, 0.1) is 6.92 Å². The van der Waals surface area contributed by atoms with Gasteiger partial charge in [-0.15, -0.1) is 0 Å². The number of aromatic nitrogens is 1. The molecule has 0 spiro atoms. The van der Waals surface area contributed by atoms with E-state index in [2.05, 4.69) is 4.98 Å². The van der Waals surface area contributed by atoms with Gasteiger partial charge in [0.15, 0.2) is 12.4 Å². The van der Waals surface area contributed by atoms with Crippen molar-refractivity contribution in [2.45, 2.75) is 39.0 Å². The average molecular weight is 436 g/mol. The second-order valence-electron chi connectivity index (χ2n) is 6.47. The van der Waals surface area contributed by atoms with Crippen LogP contribution in [0.15, 0.2) is 30.3 Å². The Labute approximate surface area is 168 Å². The molecule has 5 nitrogen and oxygen atoms in total. The number of nitrogens with zero attached hydrogens (tertiary/aromatic N) is 1. The SMILES string of the molecule is CC(=O)NOc1ccc(C(F)(F)F)cc1[C@@H](C)c1nc(C)ccc1OCC(F)(F)F. The Balaban J connectivity index is 2.53. The smallest absolute Gasteiger partial charge is 0.422 e. The lowest BCUT2D eigenvalue weighted by atomic mass is 9.93. The molecule has 0 radical (unpaired) electrons. The van der Waals surface area contributed by atoms with Crippen molar-refractivity contribution in [3.63, 3.8) is 0 Å². The van der Waals surface area contributed by atoms with E-state index >= 15 is 0 Å². The Morgan fingerprint density at radius 2 is 1.73 bits per heavy atom. The van der Waals surface area contributed by atoms with E-state index in [4.69, 9.17) is 9.57 Å². The predicted molar refractivity (Wildman–Crippen MR) is 93.9 cm³/mol. The van der Waals surface area contributed by atoms with Gasteiger partial charge in [0.1, 0.15) is 5.75 Å². The van der Waals surface area contributed by atoms with Crippen molar-refractivity contribution in [3.8, 4) is 11.5 Å². The monoisotopic (exact) mass is 436 g/mol. The molecule has 2 rings (SSSR count). The maximum Gasteiger partial charge on any atom is 0.422 e. The van der Waals surface area contributed by atoms with E-state index in [-0.39, 0.29) is 22.8 Å². The molecule has 11 heteroatoms. The first-order valence-corrected chi connectivity index (χ1v) is 8.59. The molecule has 0 unspecified atom stereocenters. The molecule has 164 valence electrons. The molecule has 0 saturated carbocycles. The van der Waals surface area contributed by atoms with Crippen molar-refractivity contribution < 1.29 is 40.7 Å². The molecular weight excluding hydrogens is 418 g/mol. The summed E-state index contributed by atoms with van der Waals surface area (Å²) in [6.07, 6.45) is -9.28. The normalized spacial score (nSPS) is 13.0. The van der Waals surface area contributed by atoms with Crippen LogP contribution >= 0.6 is 0 Å². The number of hydroxylamine groups is 1. The van der Waals surface area contributed by atoms with Crippen molar-refractivity contribution in [3.05, 3.63) is 52.8 Å². The number of carbonyl (C=O) groups is 1. The van der Waals surface area contributed by atoms with Crippen molar-refractivity contribution in [1.82, 2.24) is 10.5 Å². The standard InChI is InChI=1S/C19H18F6N2O3/c1-10-4-6-16(29-9-18(20,21)22)17(26-10)11(2)14-8-13(19(23,24)25)5-7-15(14)30-27-12(3)28/h4-8,11H,9H2,1-3H3,(H,27,28)/t11-/m1/s1. The lowest BCUT2D eigenvalue weighted by molar-refractivity contribution is -0.153. The fourth-order valence-corrected chi connectivity index (χ4v) is 2.59. The maximum absolute atomic E-state index is 13.2. The van der Waals surface area contributed by atoms with Crippen molar-refractivity contribution in [1.29, 1.82) is 0 Å². The molecule has 0 saturated heterocycles. The summed E-state index contributed by atoms with van der Waals surface area (Å²) in [5, 5.41) is 0. The highest BCUT2D eigenvalue weighted by Crippen LogP contribution is 2.39. The zero-order chi connectivity index (χ0) is 22.7. The van der Waals surface area contributed by atoms with Crippen LogP contribution in [0.4, 0.5) is 26.3 Å². The third-order valence-electron chi connectivity index (χ3n) is 3.93. The number of halogens is 6. The Bertz CT molecular complexity index is 912. The molecule has 0 aliphatic heterocycles. The zero-order valence-corrected chi connectivity index (χ0v) is 16.1. The molecule has 2 aromatic rings.